The van der Waals surface area contributed by atoms with Crippen molar-refractivity contribution in [1.29, 1.82) is 0 Å². The minimum Gasteiger partial charge on any atom is -0.311 e. The quantitative estimate of drug-likeness (QED) is 0.878. The predicted molar refractivity (Wildman–Crippen MR) is 78.5 cm³/mol. The summed E-state index contributed by atoms with van der Waals surface area (Å²) >= 11 is 1.66. The van der Waals surface area contributed by atoms with Crippen molar-refractivity contribution in [2.45, 2.75) is 39.2 Å². The minimum atomic E-state index is 0.0382. The molecule has 0 aliphatic rings. The first-order valence-corrected chi connectivity index (χ1v) is 7.49. The predicted octanol–water partition coefficient (Wildman–Crippen LogP) is 3.49. The monoisotopic (exact) mass is 277 g/mol. The molecule has 0 saturated carbocycles. The second kappa shape index (κ2) is 6.52. The zero-order chi connectivity index (χ0) is 13.7. The van der Waals surface area contributed by atoms with E-state index in [0.29, 0.717) is 12.5 Å². The molecular formula is C14H19N3OS. The Bertz CT molecular complexity index is 519. The molecule has 0 radical (unpaired) electrons. The van der Waals surface area contributed by atoms with Crippen LogP contribution >= 0.6 is 11.3 Å². The summed E-state index contributed by atoms with van der Waals surface area (Å²) in [7, 11) is 0. The van der Waals surface area contributed by atoms with Gasteiger partial charge in [-0.1, -0.05) is 6.92 Å². The fourth-order valence-corrected chi connectivity index (χ4v) is 2.54. The van der Waals surface area contributed by atoms with Gasteiger partial charge in [-0.15, -0.1) is 0 Å². The van der Waals surface area contributed by atoms with Gasteiger partial charge in [0.25, 0.3) is 0 Å². The summed E-state index contributed by atoms with van der Waals surface area (Å²) < 4.78 is 1.86. The van der Waals surface area contributed by atoms with Gasteiger partial charge in [-0.3, -0.25) is 4.79 Å². The average molecular weight is 277 g/mol. The zero-order valence-corrected chi connectivity index (χ0v) is 12.1. The lowest BCUT2D eigenvalue weighted by Crippen LogP contribution is -2.17. The molecule has 1 unspecified atom stereocenters. The molecule has 1 N–H and O–H groups in total. The Kier molecular flexibility index (Phi) is 4.74. The molecule has 1 amide bonds. The number of rotatable bonds is 6. The fraction of sp³-hybridized carbons (Fsp3) is 0.429. The van der Waals surface area contributed by atoms with E-state index in [4.69, 9.17) is 0 Å². The number of hydrogen-bond acceptors (Lipinski definition) is 3. The van der Waals surface area contributed by atoms with E-state index in [0.717, 1.165) is 18.7 Å². The van der Waals surface area contributed by atoms with Crippen molar-refractivity contribution in [3.63, 3.8) is 0 Å². The van der Waals surface area contributed by atoms with E-state index in [-0.39, 0.29) is 5.91 Å². The van der Waals surface area contributed by atoms with Gasteiger partial charge in [-0.25, -0.2) is 4.68 Å². The molecule has 0 spiro atoms. The van der Waals surface area contributed by atoms with Crippen molar-refractivity contribution in [2.75, 3.05) is 5.32 Å². The van der Waals surface area contributed by atoms with E-state index >= 15 is 0 Å². The maximum Gasteiger partial charge on any atom is 0.225 e. The Morgan fingerprint density at radius 2 is 2.37 bits per heavy atom. The number of carbonyl (C=O) groups excluding carboxylic acids is 1. The summed E-state index contributed by atoms with van der Waals surface area (Å²) in [5.74, 6) is 0.820. The van der Waals surface area contributed by atoms with Crippen molar-refractivity contribution < 1.29 is 4.79 Å². The van der Waals surface area contributed by atoms with Crippen LogP contribution in [0.5, 0.6) is 0 Å². The van der Waals surface area contributed by atoms with Crippen molar-refractivity contribution >= 4 is 23.1 Å². The Hall–Kier alpha value is -1.62. The molecule has 2 heterocycles. The van der Waals surface area contributed by atoms with Crippen molar-refractivity contribution in [3.05, 3.63) is 34.7 Å². The summed E-state index contributed by atoms with van der Waals surface area (Å²) in [6.07, 6.45) is 4.00. The summed E-state index contributed by atoms with van der Waals surface area (Å²) in [5, 5.41) is 11.3. The number of thiophene rings is 1. The highest BCUT2D eigenvalue weighted by Gasteiger charge is 2.11. The number of carbonyl (C=O) groups is 1. The molecule has 5 heteroatoms. The third-order valence-electron chi connectivity index (χ3n) is 3.17. The zero-order valence-electron chi connectivity index (χ0n) is 11.3. The van der Waals surface area contributed by atoms with Crippen LogP contribution < -0.4 is 5.32 Å². The van der Waals surface area contributed by atoms with Crippen LogP contribution in [0.3, 0.4) is 0 Å². The summed E-state index contributed by atoms with van der Waals surface area (Å²) in [6, 6.07) is 4.19. The van der Waals surface area contributed by atoms with E-state index < -0.39 is 0 Å². The van der Waals surface area contributed by atoms with Crippen LogP contribution in [-0.2, 0) is 11.2 Å². The van der Waals surface area contributed by atoms with Crippen molar-refractivity contribution in [2.24, 2.45) is 0 Å². The van der Waals surface area contributed by atoms with Crippen molar-refractivity contribution in [1.82, 2.24) is 9.78 Å². The Balaban J connectivity index is 1.90. The van der Waals surface area contributed by atoms with Gasteiger partial charge in [-0.05, 0) is 42.2 Å². The highest BCUT2D eigenvalue weighted by Crippen LogP contribution is 2.17. The van der Waals surface area contributed by atoms with E-state index in [2.05, 4.69) is 35.7 Å². The van der Waals surface area contributed by atoms with Gasteiger partial charge in [0.15, 0.2) is 0 Å². The van der Waals surface area contributed by atoms with Crippen LogP contribution in [0.25, 0.3) is 0 Å². The molecule has 102 valence electrons. The topological polar surface area (TPSA) is 46.9 Å². The summed E-state index contributed by atoms with van der Waals surface area (Å²) in [5.41, 5.74) is 1.22. The van der Waals surface area contributed by atoms with Gasteiger partial charge in [-0.2, -0.15) is 16.4 Å². The molecule has 0 aromatic carbocycles. The summed E-state index contributed by atoms with van der Waals surface area (Å²) in [4.78, 5) is 11.9. The average Bonchev–Trinajstić information content (AvgIpc) is 3.06. The lowest BCUT2D eigenvalue weighted by Gasteiger charge is -2.14. The smallest absolute Gasteiger partial charge is 0.225 e. The van der Waals surface area contributed by atoms with Crippen LogP contribution in [0.15, 0.2) is 29.1 Å². The number of amides is 1. The van der Waals surface area contributed by atoms with E-state index in [1.807, 2.05) is 16.1 Å². The summed E-state index contributed by atoms with van der Waals surface area (Å²) in [6.45, 7) is 4.20. The number of aryl methyl sites for hydroxylation is 1. The second-order valence-electron chi connectivity index (χ2n) is 4.60. The third kappa shape index (κ3) is 3.67. The van der Waals surface area contributed by atoms with Gasteiger partial charge >= 0.3 is 0 Å². The first-order chi connectivity index (χ1) is 9.20. The minimum absolute atomic E-state index is 0.0382. The molecular weight excluding hydrogens is 258 g/mol. The molecule has 0 fully saturated rings. The Morgan fingerprint density at radius 1 is 1.53 bits per heavy atom. The van der Waals surface area contributed by atoms with E-state index in [9.17, 15) is 4.79 Å². The number of nitrogens with one attached hydrogen (secondary N) is 1. The molecule has 1 atom stereocenters. The van der Waals surface area contributed by atoms with Crippen LogP contribution in [-0.4, -0.2) is 15.7 Å². The van der Waals surface area contributed by atoms with Gasteiger partial charge in [0.2, 0.25) is 5.91 Å². The molecule has 0 aliphatic heterocycles. The van der Waals surface area contributed by atoms with Gasteiger partial charge < -0.3 is 5.32 Å². The highest BCUT2D eigenvalue weighted by atomic mass is 32.1. The standard InChI is InChI=1S/C14H19N3OS/c1-3-11(2)17-13(6-8-15-17)16-14(18)5-4-12-7-9-19-10-12/h6-11H,3-5H2,1-2H3,(H,16,18). The molecule has 2 rings (SSSR count). The molecule has 2 aromatic rings. The first-order valence-electron chi connectivity index (χ1n) is 6.55. The van der Waals surface area contributed by atoms with Gasteiger partial charge in [0.1, 0.15) is 5.82 Å². The number of nitrogens with zero attached hydrogens (tertiary/aromatic N) is 2. The third-order valence-corrected chi connectivity index (χ3v) is 3.90. The fourth-order valence-electron chi connectivity index (χ4n) is 1.84. The maximum atomic E-state index is 11.9. The number of aromatic nitrogens is 2. The molecule has 0 aliphatic carbocycles. The van der Waals surface area contributed by atoms with Crippen LogP contribution in [0.4, 0.5) is 5.82 Å². The van der Waals surface area contributed by atoms with Crippen LogP contribution in [0.1, 0.15) is 38.3 Å². The molecule has 0 saturated heterocycles. The van der Waals surface area contributed by atoms with Gasteiger partial charge in [0, 0.05) is 12.5 Å². The first kappa shape index (κ1) is 13.8. The van der Waals surface area contributed by atoms with Crippen LogP contribution in [0.2, 0.25) is 0 Å². The number of anilines is 1. The number of hydrogen-bond donors (Lipinski definition) is 1. The Morgan fingerprint density at radius 3 is 3.05 bits per heavy atom. The lowest BCUT2D eigenvalue weighted by molar-refractivity contribution is -0.116. The molecule has 19 heavy (non-hydrogen) atoms. The van der Waals surface area contributed by atoms with Gasteiger partial charge in [0.05, 0.1) is 12.2 Å². The largest absolute Gasteiger partial charge is 0.311 e. The maximum absolute atomic E-state index is 11.9. The second-order valence-corrected chi connectivity index (χ2v) is 5.38. The van der Waals surface area contributed by atoms with E-state index in [1.165, 1.54) is 5.56 Å². The SMILES string of the molecule is CCC(C)n1nccc1NC(=O)CCc1ccsc1. The normalized spacial score (nSPS) is 12.3. The van der Waals surface area contributed by atoms with E-state index in [1.54, 1.807) is 17.5 Å². The van der Waals surface area contributed by atoms with Crippen molar-refractivity contribution in [3.8, 4) is 0 Å². The highest BCUT2D eigenvalue weighted by molar-refractivity contribution is 7.07. The Labute approximate surface area is 117 Å². The molecule has 4 nitrogen and oxygen atoms in total. The lowest BCUT2D eigenvalue weighted by atomic mass is 10.2. The van der Waals surface area contributed by atoms with Crippen LogP contribution in [0, 0.1) is 0 Å². The molecule has 0 bridgehead atoms. The molecule has 2 aromatic heterocycles.